The molecule has 0 atom stereocenters. The Morgan fingerprint density at radius 1 is 1.19 bits per heavy atom. The molecule has 1 heterocycles. The molecule has 0 saturated carbocycles. The smallest absolute Gasteiger partial charge is 0.269 e. The molecule has 0 amide bonds. The van der Waals surface area contributed by atoms with Crippen molar-refractivity contribution in [2.24, 2.45) is 4.99 Å². The normalized spacial score (nSPS) is 10.8. The molecule has 2 rings (SSSR count). The zero-order valence-electron chi connectivity index (χ0n) is 8.35. The Labute approximate surface area is 91.8 Å². The topological polar surface area (TPSA) is 60.4 Å². The highest BCUT2D eigenvalue weighted by atomic mass is 16.6. The van der Waals surface area contributed by atoms with Crippen LogP contribution in [0.1, 0.15) is 0 Å². The fraction of sp³-hybridized carbons (Fsp3) is 0. The summed E-state index contributed by atoms with van der Waals surface area (Å²) in [5, 5.41) is 10.4. The fourth-order valence-electron chi connectivity index (χ4n) is 1.22. The van der Waals surface area contributed by atoms with E-state index in [4.69, 9.17) is 0 Å². The second-order valence-corrected chi connectivity index (χ2v) is 3.15. The molecule has 5 heteroatoms. The number of benzene rings is 1. The van der Waals surface area contributed by atoms with E-state index in [1.165, 1.54) is 12.1 Å². The molecule has 0 radical (unpaired) electrons. The summed E-state index contributed by atoms with van der Waals surface area (Å²) in [4.78, 5) is 14.2. The summed E-state index contributed by atoms with van der Waals surface area (Å²) in [5.74, 6) is 0. The lowest BCUT2D eigenvalue weighted by Gasteiger charge is -1.94. The van der Waals surface area contributed by atoms with Gasteiger partial charge in [0.1, 0.15) is 0 Å². The van der Waals surface area contributed by atoms with E-state index in [0.717, 1.165) is 0 Å². The molecule has 0 aliphatic heterocycles. The van der Waals surface area contributed by atoms with Crippen LogP contribution in [0.25, 0.3) is 0 Å². The van der Waals surface area contributed by atoms with Gasteiger partial charge in [-0.1, -0.05) is 0 Å². The van der Waals surface area contributed by atoms with E-state index >= 15 is 0 Å². The maximum absolute atomic E-state index is 10.4. The molecule has 0 aliphatic carbocycles. The van der Waals surface area contributed by atoms with Crippen LogP contribution in [0.5, 0.6) is 0 Å². The number of aromatic nitrogens is 1. The number of nitro benzene ring substituents is 1. The van der Waals surface area contributed by atoms with E-state index in [-0.39, 0.29) is 5.69 Å². The van der Waals surface area contributed by atoms with Crippen molar-refractivity contribution in [3.63, 3.8) is 0 Å². The average Bonchev–Trinajstić information content (AvgIpc) is 2.80. The van der Waals surface area contributed by atoms with Crippen LogP contribution in [-0.2, 0) is 0 Å². The Hall–Kier alpha value is -2.43. The van der Waals surface area contributed by atoms with Gasteiger partial charge in [-0.15, -0.1) is 0 Å². The highest BCUT2D eigenvalue weighted by molar-refractivity contribution is 5.64. The molecule has 0 N–H and O–H groups in total. The summed E-state index contributed by atoms with van der Waals surface area (Å²) >= 11 is 0. The minimum Gasteiger partial charge on any atom is -0.315 e. The molecular weight excluding hydrogens is 206 g/mol. The van der Waals surface area contributed by atoms with Crippen molar-refractivity contribution >= 4 is 17.7 Å². The van der Waals surface area contributed by atoms with Gasteiger partial charge in [0.25, 0.3) is 5.69 Å². The van der Waals surface area contributed by atoms with Gasteiger partial charge in [0.2, 0.25) is 0 Å². The molecule has 0 aliphatic rings. The van der Waals surface area contributed by atoms with E-state index in [2.05, 4.69) is 4.99 Å². The number of hydrogen-bond acceptors (Lipinski definition) is 3. The Bertz CT molecular complexity index is 501. The standard InChI is InChI=1S/C11H9N3O2/c15-14(16)11-5-3-10(4-6-11)12-9-13-7-1-2-8-13/h1-9H. The summed E-state index contributed by atoms with van der Waals surface area (Å²) < 4.78 is 1.79. The molecule has 0 saturated heterocycles. The number of non-ortho nitro benzene ring substituents is 1. The molecule has 0 bridgehead atoms. The van der Waals surface area contributed by atoms with Crippen LogP contribution in [0.4, 0.5) is 11.4 Å². The third-order valence-corrected chi connectivity index (χ3v) is 2.03. The van der Waals surface area contributed by atoms with E-state index in [0.29, 0.717) is 5.69 Å². The van der Waals surface area contributed by atoms with Gasteiger partial charge in [0.05, 0.1) is 16.9 Å². The maximum atomic E-state index is 10.4. The predicted molar refractivity (Wildman–Crippen MR) is 61.1 cm³/mol. The van der Waals surface area contributed by atoms with E-state index in [9.17, 15) is 10.1 Å². The van der Waals surface area contributed by atoms with Crippen molar-refractivity contribution in [2.45, 2.75) is 0 Å². The van der Waals surface area contributed by atoms with Crippen LogP contribution in [0.3, 0.4) is 0 Å². The van der Waals surface area contributed by atoms with Gasteiger partial charge in [0.15, 0.2) is 0 Å². The van der Waals surface area contributed by atoms with Crippen molar-refractivity contribution in [3.8, 4) is 0 Å². The molecule has 2 aromatic rings. The zero-order chi connectivity index (χ0) is 11.4. The van der Waals surface area contributed by atoms with E-state index in [1.807, 2.05) is 24.5 Å². The third-order valence-electron chi connectivity index (χ3n) is 2.03. The first-order valence-electron chi connectivity index (χ1n) is 4.67. The fourth-order valence-corrected chi connectivity index (χ4v) is 1.22. The van der Waals surface area contributed by atoms with Gasteiger partial charge in [-0.25, -0.2) is 4.99 Å². The first-order valence-corrected chi connectivity index (χ1v) is 4.67. The van der Waals surface area contributed by atoms with Crippen LogP contribution < -0.4 is 0 Å². The highest BCUT2D eigenvalue weighted by Crippen LogP contribution is 2.17. The third kappa shape index (κ3) is 2.33. The van der Waals surface area contributed by atoms with Gasteiger partial charge >= 0.3 is 0 Å². The molecule has 80 valence electrons. The Kier molecular flexibility index (Phi) is 2.77. The van der Waals surface area contributed by atoms with Crippen LogP contribution in [0, 0.1) is 10.1 Å². The summed E-state index contributed by atoms with van der Waals surface area (Å²) in [6, 6.07) is 9.87. The molecule has 0 fully saturated rings. The van der Waals surface area contributed by atoms with Crippen LogP contribution in [0.15, 0.2) is 53.8 Å². The average molecular weight is 215 g/mol. The van der Waals surface area contributed by atoms with E-state index in [1.54, 1.807) is 23.0 Å². The maximum Gasteiger partial charge on any atom is 0.269 e. The lowest BCUT2D eigenvalue weighted by Crippen LogP contribution is -1.89. The molecule has 1 aromatic heterocycles. The minimum atomic E-state index is -0.431. The lowest BCUT2D eigenvalue weighted by atomic mass is 10.3. The molecular formula is C11H9N3O2. The Morgan fingerprint density at radius 3 is 2.38 bits per heavy atom. The first-order chi connectivity index (χ1) is 7.75. The van der Waals surface area contributed by atoms with Crippen LogP contribution in [0.2, 0.25) is 0 Å². The van der Waals surface area contributed by atoms with Crippen molar-refractivity contribution in [1.82, 2.24) is 4.57 Å². The second kappa shape index (κ2) is 4.39. The molecule has 0 spiro atoms. The quantitative estimate of drug-likeness (QED) is 0.342. The van der Waals surface area contributed by atoms with Crippen LogP contribution in [-0.4, -0.2) is 15.8 Å². The van der Waals surface area contributed by atoms with Gasteiger partial charge in [-0.05, 0) is 24.3 Å². The zero-order valence-corrected chi connectivity index (χ0v) is 8.35. The van der Waals surface area contributed by atoms with Gasteiger partial charge < -0.3 is 4.57 Å². The van der Waals surface area contributed by atoms with Crippen LogP contribution >= 0.6 is 0 Å². The number of nitrogens with zero attached hydrogens (tertiary/aromatic N) is 3. The van der Waals surface area contributed by atoms with Crippen molar-refractivity contribution in [1.29, 1.82) is 0 Å². The summed E-state index contributed by atoms with van der Waals surface area (Å²) in [6.07, 6.45) is 5.35. The number of aliphatic imine (C=N–C) groups is 1. The molecule has 16 heavy (non-hydrogen) atoms. The molecule has 5 nitrogen and oxygen atoms in total. The lowest BCUT2D eigenvalue weighted by molar-refractivity contribution is -0.384. The summed E-state index contributed by atoms with van der Waals surface area (Å²) in [7, 11) is 0. The van der Waals surface area contributed by atoms with Crippen molar-refractivity contribution in [2.75, 3.05) is 0 Å². The predicted octanol–water partition coefficient (Wildman–Crippen LogP) is 2.60. The first kappa shape index (κ1) is 10.1. The van der Waals surface area contributed by atoms with Crippen molar-refractivity contribution in [3.05, 3.63) is 58.9 Å². The number of nitro groups is 1. The highest BCUT2D eigenvalue weighted by Gasteiger charge is 2.02. The SMILES string of the molecule is O=[N+]([O-])c1ccc(N=Cn2cccc2)cc1. The number of hydrogen-bond donors (Lipinski definition) is 0. The largest absolute Gasteiger partial charge is 0.315 e. The summed E-state index contributed by atoms with van der Waals surface area (Å²) in [6.45, 7) is 0. The van der Waals surface area contributed by atoms with Gasteiger partial charge in [-0.3, -0.25) is 10.1 Å². The van der Waals surface area contributed by atoms with Gasteiger partial charge in [-0.2, -0.15) is 0 Å². The number of rotatable bonds is 3. The molecule has 1 aromatic carbocycles. The monoisotopic (exact) mass is 215 g/mol. The Balaban J connectivity index is 2.14. The molecule has 0 unspecified atom stereocenters. The minimum absolute atomic E-state index is 0.0694. The van der Waals surface area contributed by atoms with E-state index < -0.39 is 4.92 Å². The second-order valence-electron chi connectivity index (χ2n) is 3.15. The summed E-state index contributed by atoms with van der Waals surface area (Å²) in [5.41, 5.74) is 0.749. The van der Waals surface area contributed by atoms with Crippen molar-refractivity contribution < 1.29 is 4.92 Å². The van der Waals surface area contributed by atoms with Gasteiger partial charge in [0, 0.05) is 24.5 Å². The Morgan fingerprint density at radius 2 is 1.81 bits per heavy atom.